The standard InChI is InChI=1S/C21H23F2N3O3/c1-21(2,3)29-20(27)26-17(19-24-15-7-5-6-8-16(15)25-19)10-12-9-14(23)18(28-4)11-13(12)22/h5-9,11,17H,10H2,1-4H3,(H,24,25)(H,26,27). The van der Waals surface area contributed by atoms with E-state index in [0.29, 0.717) is 11.3 Å². The van der Waals surface area contributed by atoms with Gasteiger partial charge in [-0.3, -0.25) is 0 Å². The number of ether oxygens (including phenoxy) is 2. The maximum atomic E-state index is 14.5. The van der Waals surface area contributed by atoms with Gasteiger partial charge >= 0.3 is 6.09 Å². The van der Waals surface area contributed by atoms with Gasteiger partial charge in [0.15, 0.2) is 11.6 Å². The highest BCUT2D eigenvalue weighted by atomic mass is 19.1. The average molecular weight is 403 g/mol. The Hall–Kier alpha value is -3.16. The number of aromatic amines is 1. The Balaban J connectivity index is 1.94. The highest BCUT2D eigenvalue weighted by Crippen LogP contribution is 2.26. The molecule has 154 valence electrons. The van der Waals surface area contributed by atoms with Crippen LogP contribution in [0.15, 0.2) is 36.4 Å². The van der Waals surface area contributed by atoms with Crippen LogP contribution in [0.5, 0.6) is 5.75 Å². The molecule has 1 atom stereocenters. The molecule has 29 heavy (non-hydrogen) atoms. The number of hydrogen-bond donors (Lipinski definition) is 2. The number of rotatable bonds is 5. The van der Waals surface area contributed by atoms with Crippen molar-refractivity contribution in [2.75, 3.05) is 7.11 Å². The number of halogens is 2. The summed E-state index contributed by atoms with van der Waals surface area (Å²) >= 11 is 0. The predicted octanol–water partition coefficient (Wildman–Crippen LogP) is 4.66. The molecule has 3 rings (SSSR count). The van der Waals surface area contributed by atoms with Crippen LogP contribution in [0.4, 0.5) is 13.6 Å². The van der Waals surface area contributed by atoms with E-state index in [1.807, 2.05) is 24.3 Å². The first kappa shape index (κ1) is 20.6. The number of nitrogens with zero attached hydrogens (tertiary/aromatic N) is 1. The maximum absolute atomic E-state index is 14.5. The predicted molar refractivity (Wildman–Crippen MR) is 105 cm³/mol. The van der Waals surface area contributed by atoms with Gasteiger partial charge in [0.05, 0.1) is 24.2 Å². The molecule has 0 fully saturated rings. The second-order valence-electron chi connectivity index (χ2n) is 7.62. The van der Waals surface area contributed by atoms with Crippen LogP contribution in [-0.2, 0) is 11.2 Å². The third-order valence-electron chi connectivity index (χ3n) is 4.17. The molecule has 0 saturated heterocycles. The second-order valence-corrected chi connectivity index (χ2v) is 7.62. The van der Waals surface area contributed by atoms with Crippen molar-refractivity contribution in [2.24, 2.45) is 0 Å². The summed E-state index contributed by atoms with van der Waals surface area (Å²) in [5.41, 5.74) is 0.824. The van der Waals surface area contributed by atoms with Crippen molar-refractivity contribution in [3.63, 3.8) is 0 Å². The summed E-state index contributed by atoms with van der Waals surface area (Å²) < 4.78 is 38.7. The Morgan fingerprint density at radius 1 is 1.21 bits per heavy atom. The number of hydrogen-bond acceptors (Lipinski definition) is 4. The first-order valence-electron chi connectivity index (χ1n) is 9.12. The van der Waals surface area contributed by atoms with Gasteiger partial charge in [0, 0.05) is 12.5 Å². The molecule has 1 aromatic heterocycles. The van der Waals surface area contributed by atoms with Crippen LogP contribution in [0.3, 0.4) is 0 Å². The summed E-state index contributed by atoms with van der Waals surface area (Å²) in [5, 5.41) is 2.70. The van der Waals surface area contributed by atoms with E-state index in [9.17, 15) is 13.6 Å². The molecule has 0 aliphatic rings. The number of alkyl carbamates (subject to hydrolysis) is 1. The Morgan fingerprint density at radius 2 is 1.93 bits per heavy atom. The molecule has 6 nitrogen and oxygen atoms in total. The number of carbonyl (C=O) groups is 1. The van der Waals surface area contributed by atoms with Crippen molar-refractivity contribution in [2.45, 2.75) is 38.8 Å². The SMILES string of the molecule is COc1cc(F)c(CC(NC(=O)OC(C)(C)C)c2nc3ccccc3[nH]2)cc1F. The summed E-state index contributed by atoms with van der Waals surface area (Å²) in [5.74, 6) is -1.11. The number of carbonyl (C=O) groups excluding carboxylic acids is 1. The van der Waals surface area contributed by atoms with Crippen LogP contribution in [0.1, 0.15) is 38.2 Å². The van der Waals surface area contributed by atoms with Gasteiger partial charge in [0.1, 0.15) is 17.2 Å². The Bertz CT molecular complexity index is 995. The fourth-order valence-corrected chi connectivity index (χ4v) is 2.91. The van der Waals surface area contributed by atoms with Gasteiger partial charge < -0.3 is 19.8 Å². The minimum atomic E-state index is -0.764. The summed E-state index contributed by atoms with van der Waals surface area (Å²) in [6.45, 7) is 5.21. The summed E-state index contributed by atoms with van der Waals surface area (Å²) in [7, 11) is 1.26. The van der Waals surface area contributed by atoms with E-state index in [2.05, 4.69) is 15.3 Å². The maximum Gasteiger partial charge on any atom is 0.408 e. The molecule has 0 aliphatic heterocycles. The largest absolute Gasteiger partial charge is 0.494 e. The molecule has 1 unspecified atom stereocenters. The van der Waals surface area contributed by atoms with Crippen LogP contribution >= 0.6 is 0 Å². The van der Waals surface area contributed by atoms with Crippen molar-refractivity contribution in [3.05, 3.63) is 59.4 Å². The molecular weight excluding hydrogens is 380 g/mol. The Kier molecular flexibility index (Phi) is 5.72. The number of para-hydroxylation sites is 2. The molecule has 0 spiro atoms. The number of aromatic nitrogens is 2. The van der Waals surface area contributed by atoms with Crippen molar-refractivity contribution < 1.29 is 23.0 Å². The van der Waals surface area contributed by atoms with E-state index in [-0.39, 0.29) is 17.7 Å². The Morgan fingerprint density at radius 3 is 2.59 bits per heavy atom. The van der Waals surface area contributed by atoms with Crippen LogP contribution in [0, 0.1) is 11.6 Å². The van der Waals surface area contributed by atoms with Crippen LogP contribution in [-0.4, -0.2) is 28.8 Å². The van der Waals surface area contributed by atoms with Gasteiger partial charge in [0.25, 0.3) is 0 Å². The molecule has 0 aliphatic carbocycles. The molecule has 0 bridgehead atoms. The van der Waals surface area contributed by atoms with Crippen LogP contribution in [0.25, 0.3) is 11.0 Å². The Labute approximate surface area is 167 Å². The van der Waals surface area contributed by atoms with E-state index in [4.69, 9.17) is 9.47 Å². The summed E-state index contributed by atoms with van der Waals surface area (Å²) in [6.07, 6.45) is -0.719. The zero-order valence-corrected chi connectivity index (χ0v) is 16.7. The lowest BCUT2D eigenvalue weighted by atomic mass is 10.0. The number of methoxy groups -OCH3 is 1. The number of amides is 1. The van der Waals surface area contributed by atoms with E-state index in [1.165, 1.54) is 7.11 Å². The third-order valence-corrected chi connectivity index (χ3v) is 4.17. The zero-order valence-electron chi connectivity index (χ0n) is 16.7. The molecule has 2 aromatic carbocycles. The molecule has 0 radical (unpaired) electrons. The van der Waals surface area contributed by atoms with Crippen molar-refractivity contribution >= 4 is 17.1 Å². The first-order chi connectivity index (χ1) is 13.7. The monoisotopic (exact) mass is 403 g/mol. The molecule has 3 aromatic rings. The zero-order chi connectivity index (χ0) is 21.2. The highest BCUT2D eigenvalue weighted by molar-refractivity contribution is 5.75. The van der Waals surface area contributed by atoms with E-state index in [1.54, 1.807) is 20.8 Å². The van der Waals surface area contributed by atoms with E-state index in [0.717, 1.165) is 17.6 Å². The summed E-state index contributed by atoms with van der Waals surface area (Å²) in [6, 6.07) is 8.60. The fourth-order valence-electron chi connectivity index (χ4n) is 2.91. The molecular formula is C21H23F2N3O3. The molecule has 0 saturated carbocycles. The topological polar surface area (TPSA) is 76.2 Å². The van der Waals surface area contributed by atoms with Gasteiger partial charge in [0.2, 0.25) is 0 Å². The third kappa shape index (κ3) is 5.01. The second kappa shape index (κ2) is 8.06. The summed E-state index contributed by atoms with van der Waals surface area (Å²) in [4.78, 5) is 19.9. The number of benzene rings is 2. The van der Waals surface area contributed by atoms with Crippen molar-refractivity contribution in [3.8, 4) is 5.75 Å². The smallest absolute Gasteiger partial charge is 0.408 e. The molecule has 2 N–H and O–H groups in total. The number of nitrogens with one attached hydrogen (secondary N) is 2. The lowest BCUT2D eigenvalue weighted by molar-refractivity contribution is 0.0501. The minimum absolute atomic E-state index is 0.0359. The van der Waals surface area contributed by atoms with Crippen LogP contribution in [0.2, 0.25) is 0 Å². The van der Waals surface area contributed by atoms with Crippen molar-refractivity contribution in [1.82, 2.24) is 15.3 Å². The minimum Gasteiger partial charge on any atom is -0.494 e. The first-order valence-corrected chi connectivity index (χ1v) is 9.12. The average Bonchev–Trinajstić information content (AvgIpc) is 3.06. The quantitative estimate of drug-likeness (QED) is 0.650. The molecule has 1 amide bonds. The van der Waals surface area contributed by atoms with E-state index < -0.39 is 29.4 Å². The molecule has 8 heteroatoms. The number of imidazole rings is 1. The number of H-pyrrole nitrogens is 1. The fraction of sp³-hybridized carbons (Fsp3) is 0.333. The van der Waals surface area contributed by atoms with Gasteiger partial charge in [-0.25, -0.2) is 18.6 Å². The lowest BCUT2D eigenvalue weighted by Gasteiger charge is -2.23. The lowest BCUT2D eigenvalue weighted by Crippen LogP contribution is -2.36. The normalized spacial score (nSPS) is 12.6. The highest BCUT2D eigenvalue weighted by Gasteiger charge is 2.25. The van der Waals surface area contributed by atoms with Gasteiger partial charge in [-0.2, -0.15) is 0 Å². The number of fused-ring (bicyclic) bond motifs is 1. The van der Waals surface area contributed by atoms with Crippen LogP contribution < -0.4 is 10.1 Å². The van der Waals surface area contributed by atoms with Gasteiger partial charge in [-0.15, -0.1) is 0 Å². The van der Waals surface area contributed by atoms with Gasteiger partial charge in [-0.05, 0) is 44.5 Å². The molecule has 1 heterocycles. The van der Waals surface area contributed by atoms with Crippen molar-refractivity contribution in [1.29, 1.82) is 0 Å². The van der Waals surface area contributed by atoms with E-state index >= 15 is 0 Å². The van der Waals surface area contributed by atoms with Gasteiger partial charge in [-0.1, -0.05) is 12.1 Å².